The highest BCUT2D eigenvalue weighted by Crippen LogP contribution is 2.43. The summed E-state index contributed by atoms with van der Waals surface area (Å²) in [5.41, 5.74) is 6.12. The molecule has 1 aliphatic rings. The molecule has 102 valence electrons. The van der Waals surface area contributed by atoms with E-state index in [1.54, 1.807) is 7.11 Å². The second kappa shape index (κ2) is 4.66. The number of aryl methyl sites for hydroxylation is 1. The summed E-state index contributed by atoms with van der Waals surface area (Å²) >= 11 is 1.50. The SMILES string of the molecule is COC1(c2noc(-c3sc(CN)nc3C)n2)CCC1. The molecule has 1 saturated carbocycles. The number of hydrogen-bond donors (Lipinski definition) is 1. The lowest BCUT2D eigenvalue weighted by Gasteiger charge is -2.37. The predicted molar refractivity (Wildman–Crippen MR) is 70.6 cm³/mol. The van der Waals surface area contributed by atoms with Gasteiger partial charge in [-0.05, 0) is 26.2 Å². The molecule has 2 aromatic heterocycles. The van der Waals surface area contributed by atoms with Crippen molar-refractivity contribution in [3.8, 4) is 10.8 Å². The lowest BCUT2D eigenvalue weighted by molar-refractivity contribution is -0.0858. The Bertz CT molecular complexity index is 583. The molecule has 0 spiro atoms. The lowest BCUT2D eigenvalue weighted by atomic mass is 9.79. The Labute approximate surface area is 115 Å². The van der Waals surface area contributed by atoms with Gasteiger partial charge in [-0.1, -0.05) is 5.16 Å². The van der Waals surface area contributed by atoms with Crippen LogP contribution in [0, 0.1) is 6.92 Å². The Morgan fingerprint density at radius 3 is 2.74 bits per heavy atom. The fourth-order valence-electron chi connectivity index (χ4n) is 2.26. The van der Waals surface area contributed by atoms with Crippen LogP contribution in [-0.4, -0.2) is 22.2 Å². The van der Waals surface area contributed by atoms with Gasteiger partial charge in [-0.25, -0.2) is 4.98 Å². The van der Waals surface area contributed by atoms with Crippen LogP contribution in [0.15, 0.2) is 4.52 Å². The zero-order chi connectivity index (χ0) is 13.5. The van der Waals surface area contributed by atoms with Gasteiger partial charge in [0.15, 0.2) is 0 Å². The van der Waals surface area contributed by atoms with Gasteiger partial charge in [0.25, 0.3) is 5.89 Å². The molecule has 1 aliphatic carbocycles. The maximum Gasteiger partial charge on any atom is 0.270 e. The minimum absolute atomic E-state index is 0.350. The van der Waals surface area contributed by atoms with Crippen molar-refractivity contribution >= 4 is 11.3 Å². The van der Waals surface area contributed by atoms with E-state index in [-0.39, 0.29) is 5.60 Å². The molecular formula is C12H16N4O2S. The number of ether oxygens (including phenoxy) is 1. The first-order chi connectivity index (χ1) is 9.18. The predicted octanol–water partition coefficient (Wildman–Crippen LogP) is 1.99. The molecule has 0 atom stereocenters. The van der Waals surface area contributed by atoms with Gasteiger partial charge in [0.05, 0.1) is 5.69 Å². The third-order valence-corrected chi connectivity index (χ3v) is 4.76. The minimum Gasteiger partial charge on any atom is -0.370 e. The smallest absolute Gasteiger partial charge is 0.270 e. The maximum absolute atomic E-state index is 5.60. The molecule has 2 heterocycles. The van der Waals surface area contributed by atoms with Gasteiger partial charge in [-0.3, -0.25) is 0 Å². The Morgan fingerprint density at radius 2 is 2.21 bits per heavy atom. The van der Waals surface area contributed by atoms with Gasteiger partial charge >= 0.3 is 0 Å². The number of thiazole rings is 1. The monoisotopic (exact) mass is 280 g/mol. The van der Waals surface area contributed by atoms with Gasteiger partial charge in [-0.15, -0.1) is 11.3 Å². The second-order valence-corrected chi connectivity index (χ2v) is 5.78. The summed E-state index contributed by atoms with van der Waals surface area (Å²) in [6.07, 6.45) is 3.02. The molecule has 0 amide bonds. The topological polar surface area (TPSA) is 87.1 Å². The van der Waals surface area contributed by atoms with Gasteiger partial charge in [0.2, 0.25) is 5.82 Å². The third-order valence-electron chi connectivity index (χ3n) is 3.60. The number of aromatic nitrogens is 3. The third kappa shape index (κ3) is 1.98. The molecule has 2 aromatic rings. The van der Waals surface area contributed by atoms with E-state index in [4.69, 9.17) is 15.0 Å². The van der Waals surface area contributed by atoms with E-state index >= 15 is 0 Å². The average molecular weight is 280 g/mol. The van der Waals surface area contributed by atoms with E-state index < -0.39 is 0 Å². The molecule has 0 bridgehead atoms. The summed E-state index contributed by atoms with van der Waals surface area (Å²) in [5.74, 6) is 1.14. The van der Waals surface area contributed by atoms with Crippen molar-refractivity contribution in [2.75, 3.05) is 7.11 Å². The zero-order valence-electron chi connectivity index (χ0n) is 11.0. The summed E-state index contributed by atoms with van der Waals surface area (Å²) in [5, 5.41) is 4.94. The summed E-state index contributed by atoms with van der Waals surface area (Å²) in [7, 11) is 1.69. The fourth-order valence-corrected chi connectivity index (χ4v) is 3.12. The van der Waals surface area contributed by atoms with Crippen molar-refractivity contribution in [2.45, 2.75) is 38.3 Å². The van der Waals surface area contributed by atoms with Crippen molar-refractivity contribution in [1.29, 1.82) is 0 Å². The molecule has 19 heavy (non-hydrogen) atoms. The first-order valence-electron chi connectivity index (χ1n) is 6.24. The van der Waals surface area contributed by atoms with Gasteiger partial charge in [0, 0.05) is 13.7 Å². The van der Waals surface area contributed by atoms with Crippen LogP contribution >= 0.6 is 11.3 Å². The molecule has 6 nitrogen and oxygen atoms in total. The maximum atomic E-state index is 5.60. The van der Waals surface area contributed by atoms with E-state index in [2.05, 4.69) is 15.1 Å². The number of nitrogens with two attached hydrogens (primary N) is 1. The minimum atomic E-state index is -0.350. The van der Waals surface area contributed by atoms with Gasteiger partial charge < -0.3 is 15.0 Å². The first-order valence-corrected chi connectivity index (χ1v) is 7.06. The van der Waals surface area contributed by atoms with E-state index in [1.807, 2.05) is 6.92 Å². The molecule has 0 saturated heterocycles. The molecular weight excluding hydrogens is 264 g/mol. The Balaban J connectivity index is 1.94. The normalized spacial score (nSPS) is 17.4. The van der Waals surface area contributed by atoms with Crippen molar-refractivity contribution in [3.63, 3.8) is 0 Å². The van der Waals surface area contributed by atoms with E-state index in [0.717, 1.165) is 34.8 Å². The Kier molecular flexibility index (Phi) is 3.12. The Hall–Kier alpha value is -1.31. The standard InChI is InChI=1S/C12H16N4O2S/c1-7-9(19-8(6-13)14-7)10-15-11(16-18-10)12(17-2)4-3-5-12/h3-6,13H2,1-2H3. The summed E-state index contributed by atoms with van der Waals surface area (Å²) in [6.45, 7) is 2.35. The fraction of sp³-hybridized carbons (Fsp3) is 0.583. The van der Waals surface area contributed by atoms with Gasteiger partial charge in [-0.2, -0.15) is 4.98 Å². The highest BCUT2D eigenvalue weighted by Gasteiger charge is 2.43. The molecule has 1 fully saturated rings. The average Bonchev–Trinajstić information content (AvgIpc) is 2.95. The number of methoxy groups -OCH3 is 1. The zero-order valence-corrected chi connectivity index (χ0v) is 11.8. The summed E-state index contributed by atoms with van der Waals surface area (Å²) < 4.78 is 10.9. The number of hydrogen-bond acceptors (Lipinski definition) is 7. The first kappa shape index (κ1) is 12.7. The van der Waals surface area contributed by atoms with Crippen LogP contribution in [0.1, 0.15) is 35.8 Å². The van der Waals surface area contributed by atoms with E-state index in [9.17, 15) is 0 Å². The van der Waals surface area contributed by atoms with E-state index in [1.165, 1.54) is 11.3 Å². The largest absolute Gasteiger partial charge is 0.370 e. The molecule has 0 aliphatic heterocycles. The summed E-state index contributed by atoms with van der Waals surface area (Å²) in [4.78, 5) is 9.74. The molecule has 0 radical (unpaired) electrons. The van der Waals surface area contributed by atoms with Crippen molar-refractivity contribution in [2.24, 2.45) is 5.73 Å². The highest BCUT2D eigenvalue weighted by atomic mass is 32.1. The molecule has 3 rings (SSSR count). The van der Waals surface area contributed by atoms with Crippen LogP contribution in [0.2, 0.25) is 0 Å². The Morgan fingerprint density at radius 1 is 1.42 bits per heavy atom. The van der Waals surface area contributed by atoms with Crippen LogP contribution in [-0.2, 0) is 16.9 Å². The van der Waals surface area contributed by atoms with Crippen molar-refractivity contribution < 1.29 is 9.26 Å². The molecule has 2 N–H and O–H groups in total. The number of rotatable bonds is 4. The lowest BCUT2D eigenvalue weighted by Crippen LogP contribution is -2.37. The van der Waals surface area contributed by atoms with E-state index in [0.29, 0.717) is 18.3 Å². The second-order valence-electron chi connectivity index (χ2n) is 4.70. The molecule has 7 heteroatoms. The molecule has 0 aromatic carbocycles. The van der Waals surface area contributed by atoms with Gasteiger partial charge in [0.1, 0.15) is 15.5 Å². The van der Waals surface area contributed by atoms with Crippen LogP contribution in [0.25, 0.3) is 10.8 Å². The summed E-state index contributed by atoms with van der Waals surface area (Å²) in [6, 6.07) is 0. The van der Waals surface area contributed by atoms with Crippen molar-refractivity contribution in [3.05, 3.63) is 16.5 Å². The van der Waals surface area contributed by atoms with Crippen LogP contribution in [0.5, 0.6) is 0 Å². The molecule has 0 unspecified atom stereocenters. The highest BCUT2D eigenvalue weighted by molar-refractivity contribution is 7.15. The number of nitrogens with zero attached hydrogens (tertiary/aromatic N) is 3. The van der Waals surface area contributed by atoms with Crippen LogP contribution in [0.4, 0.5) is 0 Å². The van der Waals surface area contributed by atoms with Crippen LogP contribution < -0.4 is 5.73 Å². The quantitative estimate of drug-likeness (QED) is 0.921. The van der Waals surface area contributed by atoms with Crippen molar-refractivity contribution in [1.82, 2.24) is 15.1 Å². The van der Waals surface area contributed by atoms with Crippen LogP contribution in [0.3, 0.4) is 0 Å².